The molecule has 2 aliphatic heterocycles. The lowest BCUT2D eigenvalue weighted by molar-refractivity contribution is -0.895. The molecule has 1 amide bonds. The van der Waals surface area contributed by atoms with Crippen molar-refractivity contribution in [2.45, 2.75) is 19.1 Å². The Labute approximate surface area is 155 Å². The Kier molecular flexibility index (Phi) is 3.45. The number of fused-ring (bicyclic) bond motifs is 4. The lowest BCUT2D eigenvalue weighted by Crippen LogP contribution is -3.08. The fraction of sp³-hybridized carbons (Fsp3) is 0.250. The minimum atomic E-state index is -0.439. The summed E-state index contributed by atoms with van der Waals surface area (Å²) in [5, 5.41) is 19.9. The van der Waals surface area contributed by atoms with Gasteiger partial charge in [0.2, 0.25) is 0 Å². The van der Waals surface area contributed by atoms with Crippen molar-refractivity contribution in [2.75, 3.05) is 18.9 Å². The van der Waals surface area contributed by atoms with Crippen molar-refractivity contribution >= 4 is 33.0 Å². The number of nitrogens with one attached hydrogen (secondary N) is 3. The Morgan fingerprint density at radius 3 is 2.92 bits per heavy atom. The maximum absolute atomic E-state index is 12.9. The average Bonchev–Trinajstić information content (AvgIpc) is 2.99. The standard InChI is InChI=1S/C20H19N3O2S/c1-23-9-8-13-15(10-23)26-20-17(13)19(25)21-18(22-20)16-12-5-3-2-4-11(12)6-7-14(16)24/h2-7,18,22,24H,8-10H2,1H3,(H,21,25)/p+1/t18-/m0/s1. The van der Waals surface area contributed by atoms with Crippen LogP contribution in [0.3, 0.4) is 0 Å². The quantitative estimate of drug-likeness (QED) is 0.533. The molecule has 0 fully saturated rings. The summed E-state index contributed by atoms with van der Waals surface area (Å²) < 4.78 is 0. The molecule has 0 saturated carbocycles. The molecule has 4 N–H and O–H groups in total. The first kappa shape index (κ1) is 15.7. The lowest BCUT2D eigenvalue weighted by Gasteiger charge is -2.28. The van der Waals surface area contributed by atoms with Crippen molar-refractivity contribution in [1.29, 1.82) is 0 Å². The number of anilines is 1. The molecule has 0 aliphatic carbocycles. The second kappa shape index (κ2) is 5.72. The summed E-state index contributed by atoms with van der Waals surface area (Å²) in [6, 6.07) is 11.5. The van der Waals surface area contributed by atoms with Gasteiger partial charge in [-0.25, -0.2) is 0 Å². The Hall–Kier alpha value is -2.57. The van der Waals surface area contributed by atoms with Crippen LogP contribution in [0.2, 0.25) is 0 Å². The van der Waals surface area contributed by atoms with Gasteiger partial charge in [-0.15, -0.1) is 11.3 Å². The summed E-state index contributed by atoms with van der Waals surface area (Å²) in [5.41, 5.74) is 2.71. The van der Waals surface area contributed by atoms with Crippen LogP contribution in [0.1, 0.15) is 32.5 Å². The normalized spacial score (nSPS) is 21.7. The predicted octanol–water partition coefficient (Wildman–Crippen LogP) is 2.03. The molecule has 0 spiro atoms. The molecule has 3 heterocycles. The maximum atomic E-state index is 12.9. The van der Waals surface area contributed by atoms with Gasteiger partial charge >= 0.3 is 0 Å². The van der Waals surface area contributed by atoms with Crippen molar-refractivity contribution < 1.29 is 14.8 Å². The Morgan fingerprint density at radius 1 is 1.19 bits per heavy atom. The van der Waals surface area contributed by atoms with Gasteiger partial charge in [0.25, 0.3) is 5.91 Å². The van der Waals surface area contributed by atoms with Crippen LogP contribution in [0.15, 0.2) is 36.4 Å². The van der Waals surface area contributed by atoms with Crippen LogP contribution in [-0.4, -0.2) is 24.6 Å². The molecule has 1 unspecified atom stereocenters. The average molecular weight is 366 g/mol. The number of rotatable bonds is 1. The molecule has 6 heteroatoms. The van der Waals surface area contributed by atoms with E-state index in [1.807, 2.05) is 30.3 Å². The van der Waals surface area contributed by atoms with E-state index in [0.29, 0.717) is 0 Å². The van der Waals surface area contributed by atoms with Crippen molar-refractivity contribution in [3.05, 3.63) is 58.0 Å². The molecule has 5 nitrogen and oxygen atoms in total. The van der Waals surface area contributed by atoms with E-state index >= 15 is 0 Å². The summed E-state index contributed by atoms with van der Waals surface area (Å²) in [4.78, 5) is 15.7. The molecular formula is C20H20N3O2S+. The second-order valence-electron chi connectivity index (χ2n) is 7.11. The number of phenolic OH excluding ortho intramolecular Hbond substituents is 1. The van der Waals surface area contributed by atoms with Crippen molar-refractivity contribution in [1.82, 2.24) is 5.32 Å². The number of carbonyl (C=O) groups excluding carboxylic acids is 1. The smallest absolute Gasteiger partial charge is 0.256 e. The predicted molar refractivity (Wildman–Crippen MR) is 103 cm³/mol. The van der Waals surface area contributed by atoms with Crippen molar-refractivity contribution in [3.63, 3.8) is 0 Å². The number of hydrogen-bond acceptors (Lipinski definition) is 4. The number of phenols is 1. The molecule has 3 aromatic rings. The van der Waals surface area contributed by atoms with Crippen LogP contribution < -0.4 is 15.5 Å². The van der Waals surface area contributed by atoms with Gasteiger partial charge in [-0.3, -0.25) is 4.79 Å². The van der Waals surface area contributed by atoms with Gasteiger partial charge in [0.15, 0.2) is 0 Å². The Morgan fingerprint density at radius 2 is 2.04 bits per heavy atom. The molecule has 2 aromatic carbocycles. The number of amides is 1. The molecule has 1 aromatic heterocycles. The zero-order valence-electron chi connectivity index (χ0n) is 14.4. The SMILES string of the molecule is C[NH+]1CCc2c(sc3c2C(=O)N[C@H](c2c(O)ccc4ccccc24)N3)C1. The summed E-state index contributed by atoms with van der Waals surface area (Å²) >= 11 is 1.68. The Balaban J connectivity index is 1.61. The van der Waals surface area contributed by atoms with Gasteiger partial charge in [-0.1, -0.05) is 30.3 Å². The zero-order valence-corrected chi connectivity index (χ0v) is 15.2. The van der Waals surface area contributed by atoms with Crippen LogP contribution in [0, 0.1) is 0 Å². The third-order valence-electron chi connectivity index (χ3n) is 5.37. The number of aromatic hydroxyl groups is 1. The largest absolute Gasteiger partial charge is 0.507 e. The number of quaternary nitrogens is 1. The van der Waals surface area contributed by atoms with Crippen LogP contribution in [0.25, 0.3) is 10.8 Å². The third kappa shape index (κ3) is 2.29. The highest BCUT2D eigenvalue weighted by atomic mass is 32.1. The van der Waals surface area contributed by atoms with Gasteiger partial charge in [-0.2, -0.15) is 0 Å². The first-order valence-corrected chi connectivity index (χ1v) is 9.67. The summed E-state index contributed by atoms with van der Waals surface area (Å²) in [6.07, 6.45) is 0.498. The zero-order chi connectivity index (χ0) is 17.8. The van der Waals surface area contributed by atoms with E-state index in [0.717, 1.165) is 46.4 Å². The second-order valence-corrected chi connectivity index (χ2v) is 8.22. The van der Waals surface area contributed by atoms with Gasteiger partial charge < -0.3 is 20.6 Å². The molecule has 5 rings (SSSR count). The van der Waals surface area contributed by atoms with Crippen LogP contribution in [0.4, 0.5) is 5.00 Å². The number of benzene rings is 2. The van der Waals surface area contributed by atoms with Crippen LogP contribution in [0.5, 0.6) is 5.75 Å². The molecule has 2 atom stereocenters. The third-order valence-corrected chi connectivity index (χ3v) is 6.53. The van der Waals surface area contributed by atoms with Gasteiger partial charge in [0.1, 0.15) is 23.5 Å². The number of thiophene rings is 1. The van der Waals surface area contributed by atoms with E-state index in [2.05, 4.69) is 17.7 Å². The molecule has 0 radical (unpaired) electrons. The molecule has 26 heavy (non-hydrogen) atoms. The molecule has 132 valence electrons. The Bertz CT molecular complexity index is 1040. The number of likely N-dealkylation sites (N-methyl/N-ethyl adjacent to an activating group) is 1. The molecular weight excluding hydrogens is 346 g/mol. The van der Waals surface area contributed by atoms with E-state index in [1.54, 1.807) is 17.4 Å². The van der Waals surface area contributed by atoms with E-state index < -0.39 is 6.17 Å². The highest BCUT2D eigenvalue weighted by Crippen LogP contribution is 2.41. The van der Waals surface area contributed by atoms with Gasteiger partial charge in [0.05, 0.1) is 24.0 Å². The highest BCUT2D eigenvalue weighted by Gasteiger charge is 2.35. The van der Waals surface area contributed by atoms with E-state index in [9.17, 15) is 9.90 Å². The summed E-state index contributed by atoms with van der Waals surface area (Å²) in [5.74, 6) is 0.142. The number of hydrogen-bond donors (Lipinski definition) is 4. The maximum Gasteiger partial charge on any atom is 0.256 e. The van der Waals surface area contributed by atoms with E-state index in [4.69, 9.17) is 0 Å². The first-order valence-electron chi connectivity index (χ1n) is 8.85. The minimum Gasteiger partial charge on any atom is -0.507 e. The van der Waals surface area contributed by atoms with Gasteiger partial charge in [-0.05, 0) is 22.4 Å². The summed E-state index contributed by atoms with van der Waals surface area (Å²) in [6.45, 7) is 2.02. The topological polar surface area (TPSA) is 65.8 Å². The van der Waals surface area contributed by atoms with E-state index in [-0.39, 0.29) is 11.7 Å². The fourth-order valence-electron chi connectivity index (χ4n) is 4.06. The number of carbonyl (C=O) groups is 1. The summed E-state index contributed by atoms with van der Waals surface area (Å²) in [7, 11) is 2.19. The minimum absolute atomic E-state index is 0.0480. The lowest BCUT2D eigenvalue weighted by atomic mass is 9.98. The fourth-order valence-corrected chi connectivity index (χ4v) is 5.45. The molecule has 0 bridgehead atoms. The van der Waals surface area contributed by atoms with Crippen LogP contribution >= 0.6 is 11.3 Å². The van der Waals surface area contributed by atoms with Crippen LogP contribution in [-0.2, 0) is 13.0 Å². The van der Waals surface area contributed by atoms with E-state index in [1.165, 1.54) is 15.3 Å². The monoisotopic (exact) mass is 366 g/mol. The van der Waals surface area contributed by atoms with Crippen molar-refractivity contribution in [2.24, 2.45) is 0 Å². The van der Waals surface area contributed by atoms with Gasteiger partial charge in [0, 0.05) is 12.0 Å². The molecule has 0 saturated heterocycles. The van der Waals surface area contributed by atoms with Crippen molar-refractivity contribution in [3.8, 4) is 5.75 Å². The highest BCUT2D eigenvalue weighted by molar-refractivity contribution is 7.16. The molecule has 2 aliphatic rings. The first-order chi connectivity index (χ1) is 12.6.